The Morgan fingerprint density at radius 2 is 2.18 bits per heavy atom. The first-order valence-corrected chi connectivity index (χ1v) is 5.84. The maximum atomic E-state index is 9.95. The molecule has 0 bridgehead atoms. The van der Waals surface area contributed by atoms with E-state index in [1.54, 1.807) is 12.1 Å². The molecule has 1 heterocycles. The molecule has 1 aliphatic rings. The largest absolute Gasteiger partial charge is 0.454 e. The highest BCUT2D eigenvalue weighted by Gasteiger charge is 2.21. The predicted molar refractivity (Wildman–Crippen MR) is 63.6 cm³/mol. The Morgan fingerprint density at radius 3 is 2.88 bits per heavy atom. The minimum Gasteiger partial charge on any atom is -0.454 e. The van der Waals surface area contributed by atoms with Crippen LogP contribution in [0, 0.1) is 0 Å². The van der Waals surface area contributed by atoms with E-state index >= 15 is 0 Å². The lowest BCUT2D eigenvalue weighted by Crippen LogP contribution is -2.11. The molecule has 2 rings (SSSR count). The Hall–Kier alpha value is -0.970. The van der Waals surface area contributed by atoms with E-state index in [-0.39, 0.29) is 19.5 Å². The molecule has 0 spiro atoms. The fraction of sp³-hybridized carbons (Fsp3) is 0.500. The highest BCUT2D eigenvalue weighted by Crippen LogP contribution is 2.41. The van der Waals surface area contributed by atoms with Crippen molar-refractivity contribution in [3.63, 3.8) is 0 Å². The zero-order valence-electron chi connectivity index (χ0n) is 9.77. The molecule has 0 aromatic heterocycles. The van der Waals surface area contributed by atoms with Gasteiger partial charge in [0.1, 0.15) is 6.10 Å². The lowest BCUT2D eigenvalue weighted by atomic mass is 10.1. The molecule has 1 N–H and O–H groups in total. The lowest BCUT2D eigenvalue weighted by molar-refractivity contribution is 0.00488. The van der Waals surface area contributed by atoms with E-state index in [9.17, 15) is 5.11 Å². The Balaban J connectivity index is 2.13. The molecular weight excluding hydrogens is 244 g/mol. The highest BCUT2D eigenvalue weighted by molar-refractivity contribution is 6.32. The quantitative estimate of drug-likeness (QED) is 0.902. The summed E-state index contributed by atoms with van der Waals surface area (Å²) >= 11 is 6.02. The van der Waals surface area contributed by atoms with Gasteiger partial charge in [0.2, 0.25) is 6.79 Å². The van der Waals surface area contributed by atoms with Crippen LogP contribution in [0.1, 0.15) is 25.5 Å². The summed E-state index contributed by atoms with van der Waals surface area (Å²) in [6.07, 6.45) is -0.640. The van der Waals surface area contributed by atoms with E-state index in [1.165, 1.54) is 0 Å². The Morgan fingerprint density at radius 1 is 1.41 bits per heavy atom. The van der Waals surface area contributed by atoms with Gasteiger partial charge in [0, 0.05) is 0 Å². The zero-order valence-corrected chi connectivity index (χ0v) is 10.5. The van der Waals surface area contributed by atoms with Crippen molar-refractivity contribution in [3.8, 4) is 11.5 Å². The summed E-state index contributed by atoms with van der Waals surface area (Å²) in [6, 6.07) is 3.39. The molecule has 0 radical (unpaired) electrons. The summed E-state index contributed by atoms with van der Waals surface area (Å²) in [7, 11) is 0. The van der Waals surface area contributed by atoms with Crippen LogP contribution < -0.4 is 9.47 Å². The van der Waals surface area contributed by atoms with E-state index in [1.807, 2.05) is 13.8 Å². The van der Waals surface area contributed by atoms with Crippen LogP contribution >= 0.6 is 11.6 Å². The van der Waals surface area contributed by atoms with Crippen LogP contribution in [-0.4, -0.2) is 24.6 Å². The van der Waals surface area contributed by atoms with Crippen molar-refractivity contribution < 1.29 is 19.3 Å². The van der Waals surface area contributed by atoms with Crippen LogP contribution in [0.3, 0.4) is 0 Å². The van der Waals surface area contributed by atoms with Gasteiger partial charge in [-0.3, -0.25) is 0 Å². The molecule has 1 aromatic rings. The average Bonchev–Trinajstić information content (AvgIpc) is 2.74. The number of aliphatic hydroxyl groups is 1. The molecule has 1 aromatic carbocycles. The minimum atomic E-state index is -0.718. The van der Waals surface area contributed by atoms with Crippen molar-refractivity contribution in [2.75, 3.05) is 13.4 Å². The van der Waals surface area contributed by atoms with Gasteiger partial charge in [-0.2, -0.15) is 0 Å². The van der Waals surface area contributed by atoms with E-state index in [4.69, 9.17) is 25.8 Å². The number of rotatable bonds is 4. The van der Waals surface area contributed by atoms with Crippen LogP contribution in [0.4, 0.5) is 0 Å². The van der Waals surface area contributed by atoms with E-state index in [0.29, 0.717) is 22.1 Å². The Kier molecular flexibility index (Phi) is 3.76. The summed E-state index contributed by atoms with van der Waals surface area (Å²) < 4.78 is 15.8. The van der Waals surface area contributed by atoms with Crippen LogP contribution in [0.25, 0.3) is 0 Å². The van der Waals surface area contributed by atoms with E-state index < -0.39 is 6.10 Å². The van der Waals surface area contributed by atoms with Gasteiger partial charge in [-0.1, -0.05) is 11.6 Å². The second-order valence-corrected chi connectivity index (χ2v) is 4.54. The maximum Gasteiger partial charge on any atom is 0.231 e. The smallest absolute Gasteiger partial charge is 0.231 e. The molecule has 0 saturated heterocycles. The average molecular weight is 259 g/mol. The third kappa shape index (κ3) is 2.83. The first-order chi connectivity index (χ1) is 8.08. The molecular formula is C12H15ClO4. The third-order valence-corrected chi connectivity index (χ3v) is 2.70. The van der Waals surface area contributed by atoms with Crippen molar-refractivity contribution in [1.82, 2.24) is 0 Å². The van der Waals surface area contributed by atoms with Gasteiger partial charge in [-0.15, -0.1) is 0 Å². The van der Waals surface area contributed by atoms with Gasteiger partial charge in [0.15, 0.2) is 11.5 Å². The van der Waals surface area contributed by atoms with Crippen molar-refractivity contribution >= 4 is 11.6 Å². The summed E-state index contributed by atoms with van der Waals surface area (Å²) in [5.41, 5.74) is 0.667. The molecule has 0 saturated carbocycles. The van der Waals surface area contributed by atoms with E-state index in [2.05, 4.69) is 0 Å². The molecule has 1 unspecified atom stereocenters. The molecule has 5 heteroatoms. The summed E-state index contributed by atoms with van der Waals surface area (Å²) in [5, 5.41) is 10.4. The van der Waals surface area contributed by atoms with Gasteiger partial charge in [0.05, 0.1) is 17.7 Å². The summed E-state index contributed by atoms with van der Waals surface area (Å²) in [5.74, 6) is 1.10. The maximum absolute atomic E-state index is 9.95. The number of aliphatic hydroxyl groups excluding tert-OH is 1. The van der Waals surface area contributed by atoms with Crippen LogP contribution in [-0.2, 0) is 4.74 Å². The Labute approximate surface area is 105 Å². The molecule has 1 atom stereocenters. The number of fused-ring (bicyclic) bond motifs is 1. The monoisotopic (exact) mass is 258 g/mol. The summed E-state index contributed by atoms with van der Waals surface area (Å²) in [4.78, 5) is 0. The standard InChI is InChI=1S/C12H15ClO4/c1-7(2)15-5-10(14)8-3-9(13)12-11(4-8)16-6-17-12/h3-4,7,10,14H,5-6H2,1-2H3. The first kappa shape index (κ1) is 12.5. The SMILES string of the molecule is CC(C)OCC(O)c1cc(Cl)c2c(c1)OCO2. The fourth-order valence-corrected chi connectivity index (χ4v) is 1.83. The topological polar surface area (TPSA) is 47.9 Å². The van der Waals surface area contributed by atoms with Crippen molar-refractivity contribution in [1.29, 1.82) is 0 Å². The molecule has 1 aliphatic heterocycles. The zero-order chi connectivity index (χ0) is 12.4. The molecule has 4 nitrogen and oxygen atoms in total. The lowest BCUT2D eigenvalue weighted by Gasteiger charge is -2.14. The normalized spacial score (nSPS) is 15.4. The van der Waals surface area contributed by atoms with Crippen molar-refractivity contribution in [3.05, 3.63) is 22.7 Å². The summed E-state index contributed by atoms with van der Waals surface area (Å²) in [6.45, 7) is 4.23. The second-order valence-electron chi connectivity index (χ2n) is 4.13. The molecule has 0 fully saturated rings. The number of benzene rings is 1. The molecule has 17 heavy (non-hydrogen) atoms. The second kappa shape index (κ2) is 5.12. The van der Waals surface area contributed by atoms with Crippen LogP contribution in [0.5, 0.6) is 11.5 Å². The number of hydrogen-bond acceptors (Lipinski definition) is 4. The van der Waals surface area contributed by atoms with Gasteiger partial charge in [0.25, 0.3) is 0 Å². The van der Waals surface area contributed by atoms with Crippen LogP contribution in [0.2, 0.25) is 5.02 Å². The Bertz CT molecular complexity index is 406. The number of halogens is 1. The van der Waals surface area contributed by atoms with Crippen LogP contribution in [0.15, 0.2) is 12.1 Å². The van der Waals surface area contributed by atoms with Gasteiger partial charge >= 0.3 is 0 Å². The minimum absolute atomic E-state index is 0.0779. The predicted octanol–water partition coefficient (Wildman–Crippen LogP) is 2.53. The number of ether oxygens (including phenoxy) is 3. The first-order valence-electron chi connectivity index (χ1n) is 5.46. The van der Waals surface area contributed by atoms with Gasteiger partial charge < -0.3 is 19.3 Å². The van der Waals surface area contributed by atoms with Gasteiger partial charge in [-0.05, 0) is 31.5 Å². The highest BCUT2D eigenvalue weighted by atomic mass is 35.5. The molecule has 0 aliphatic carbocycles. The van der Waals surface area contributed by atoms with Gasteiger partial charge in [-0.25, -0.2) is 0 Å². The van der Waals surface area contributed by atoms with E-state index in [0.717, 1.165) is 0 Å². The van der Waals surface area contributed by atoms with Crippen molar-refractivity contribution in [2.45, 2.75) is 26.1 Å². The number of hydrogen-bond donors (Lipinski definition) is 1. The molecule has 0 amide bonds. The van der Waals surface area contributed by atoms with Crippen molar-refractivity contribution in [2.24, 2.45) is 0 Å². The third-order valence-electron chi connectivity index (χ3n) is 2.42. The molecule has 94 valence electrons. The fourth-order valence-electron chi connectivity index (χ4n) is 1.56.